The third-order valence-corrected chi connectivity index (χ3v) is 1.53. The van der Waals surface area contributed by atoms with Crippen molar-refractivity contribution in [3.63, 3.8) is 0 Å². The highest BCUT2D eigenvalue weighted by molar-refractivity contribution is 5.71. The first kappa shape index (κ1) is 9.20. The second kappa shape index (κ2) is 3.68. The van der Waals surface area contributed by atoms with Crippen LogP contribution in [0.2, 0.25) is 0 Å². The summed E-state index contributed by atoms with van der Waals surface area (Å²) in [4.78, 5) is 10.3. The van der Waals surface area contributed by atoms with Gasteiger partial charge < -0.3 is 5.11 Å². The number of carbonyl (C=O) groups is 1. The number of hydrogen-bond acceptors (Lipinski definition) is 2. The van der Waals surface area contributed by atoms with E-state index in [0.29, 0.717) is 5.56 Å². The number of nitriles is 1. The summed E-state index contributed by atoms with van der Waals surface area (Å²) in [6, 6.07) is 5.21. The van der Waals surface area contributed by atoms with E-state index in [-0.39, 0.29) is 12.0 Å². The second-order valence-corrected chi connectivity index (χ2v) is 2.48. The Morgan fingerprint density at radius 1 is 1.62 bits per heavy atom. The van der Waals surface area contributed by atoms with Gasteiger partial charge in [0.15, 0.2) is 0 Å². The summed E-state index contributed by atoms with van der Waals surface area (Å²) in [5.41, 5.74) is 0.402. The molecule has 0 radical (unpaired) electrons. The van der Waals surface area contributed by atoms with Gasteiger partial charge in [0, 0.05) is 0 Å². The van der Waals surface area contributed by atoms with Crippen molar-refractivity contribution in [3.05, 3.63) is 35.1 Å². The average Bonchev–Trinajstić information content (AvgIpc) is 2.07. The van der Waals surface area contributed by atoms with E-state index < -0.39 is 11.8 Å². The summed E-state index contributed by atoms with van der Waals surface area (Å²) in [5, 5.41) is 17.0. The van der Waals surface area contributed by atoms with Gasteiger partial charge in [0.25, 0.3) is 0 Å². The number of nitrogens with zero attached hydrogens (tertiary/aromatic N) is 1. The molecule has 0 aliphatic heterocycles. The minimum absolute atomic E-state index is 0.0717. The molecule has 0 unspecified atom stereocenters. The molecule has 0 saturated heterocycles. The standard InChI is InChI=1S/C9H6FNO2/c10-8-2-1-6(4-9(12)13)7(3-8)5-11/h1-3H,4H2,(H,12,13). The SMILES string of the molecule is N#Cc1cc(F)ccc1CC(=O)O. The van der Waals surface area contributed by atoms with Crippen LogP contribution in [0.25, 0.3) is 0 Å². The van der Waals surface area contributed by atoms with Crippen LogP contribution in [0.4, 0.5) is 4.39 Å². The van der Waals surface area contributed by atoms with Crippen LogP contribution < -0.4 is 0 Å². The zero-order valence-corrected chi connectivity index (χ0v) is 6.62. The average molecular weight is 179 g/mol. The smallest absolute Gasteiger partial charge is 0.307 e. The summed E-state index contributed by atoms with van der Waals surface area (Å²) >= 11 is 0. The molecular weight excluding hydrogens is 173 g/mol. The second-order valence-electron chi connectivity index (χ2n) is 2.48. The Morgan fingerprint density at radius 2 is 2.31 bits per heavy atom. The van der Waals surface area contributed by atoms with E-state index in [1.54, 1.807) is 6.07 Å². The Bertz CT molecular complexity index is 382. The predicted molar refractivity (Wildman–Crippen MR) is 42.5 cm³/mol. The molecule has 66 valence electrons. The highest BCUT2D eigenvalue weighted by atomic mass is 19.1. The summed E-state index contributed by atoms with van der Waals surface area (Å²) in [6.45, 7) is 0. The number of carboxylic acid groups (broad SMARTS) is 1. The molecule has 13 heavy (non-hydrogen) atoms. The van der Waals surface area contributed by atoms with E-state index in [0.717, 1.165) is 12.1 Å². The van der Waals surface area contributed by atoms with E-state index in [9.17, 15) is 9.18 Å². The number of carboxylic acids is 1. The maximum atomic E-state index is 12.6. The number of aliphatic carboxylic acids is 1. The van der Waals surface area contributed by atoms with Gasteiger partial charge in [-0.1, -0.05) is 6.07 Å². The molecule has 1 aromatic carbocycles. The van der Waals surface area contributed by atoms with Crippen LogP contribution in [0, 0.1) is 17.1 Å². The van der Waals surface area contributed by atoms with Crippen LogP contribution in [0.5, 0.6) is 0 Å². The largest absolute Gasteiger partial charge is 0.481 e. The fourth-order valence-corrected chi connectivity index (χ4v) is 0.970. The monoisotopic (exact) mass is 179 g/mol. The lowest BCUT2D eigenvalue weighted by molar-refractivity contribution is -0.136. The molecule has 1 rings (SSSR count). The van der Waals surface area contributed by atoms with Crippen molar-refractivity contribution in [1.82, 2.24) is 0 Å². The van der Waals surface area contributed by atoms with Gasteiger partial charge in [-0.15, -0.1) is 0 Å². The van der Waals surface area contributed by atoms with Gasteiger partial charge in [-0.3, -0.25) is 4.79 Å². The summed E-state index contributed by atoms with van der Waals surface area (Å²) in [7, 11) is 0. The van der Waals surface area contributed by atoms with Crippen LogP contribution in [-0.2, 0) is 11.2 Å². The van der Waals surface area contributed by atoms with E-state index in [2.05, 4.69) is 0 Å². The topological polar surface area (TPSA) is 61.1 Å². The number of halogens is 1. The number of rotatable bonds is 2. The lowest BCUT2D eigenvalue weighted by Gasteiger charge is -1.99. The fourth-order valence-electron chi connectivity index (χ4n) is 0.970. The van der Waals surface area contributed by atoms with Crippen LogP contribution >= 0.6 is 0 Å². The molecule has 0 saturated carbocycles. The quantitative estimate of drug-likeness (QED) is 0.744. The van der Waals surface area contributed by atoms with Crippen LogP contribution in [0.3, 0.4) is 0 Å². The van der Waals surface area contributed by atoms with Crippen LogP contribution in [0.15, 0.2) is 18.2 Å². The highest BCUT2D eigenvalue weighted by Crippen LogP contribution is 2.10. The first-order valence-corrected chi connectivity index (χ1v) is 3.54. The lowest BCUT2D eigenvalue weighted by atomic mass is 10.1. The first-order chi connectivity index (χ1) is 6.13. The van der Waals surface area contributed by atoms with Crippen molar-refractivity contribution in [3.8, 4) is 6.07 Å². The predicted octanol–water partition coefficient (Wildman–Crippen LogP) is 1.32. The van der Waals surface area contributed by atoms with Gasteiger partial charge in [0.2, 0.25) is 0 Å². The van der Waals surface area contributed by atoms with E-state index in [4.69, 9.17) is 10.4 Å². The molecule has 0 fully saturated rings. The third kappa shape index (κ3) is 2.27. The molecular formula is C9H6FNO2. The Hall–Kier alpha value is -1.89. The first-order valence-electron chi connectivity index (χ1n) is 3.54. The molecule has 0 spiro atoms. The van der Waals surface area contributed by atoms with E-state index in [1.807, 2.05) is 0 Å². The zero-order chi connectivity index (χ0) is 9.84. The molecule has 0 aliphatic carbocycles. The maximum Gasteiger partial charge on any atom is 0.307 e. The van der Waals surface area contributed by atoms with Crippen molar-refractivity contribution in [1.29, 1.82) is 5.26 Å². The van der Waals surface area contributed by atoms with Gasteiger partial charge in [0.05, 0.1) is 18.1 Å². The Morgan fingerprint density at radius 3 is 2.85 bits per heavy atom. The van der Waals surface area contributed by atoms with Gasteiger partial charge in [-0.25, -0.2) is 4.39 Å². The molecule has 0 amide bonds. The summed E-state index contributed by atoms with van der Waals surface area (Å²) in [6.07, 6.45) is -0.261. The van der Waals surface area contributed by atoms with Gasteiger partial charge in [-0.2, -0.15) is 5.26 Å². The Labute approximate surface area is 74.0 Å². The molecule has 3 nitrogen and oxygen atoms in total. The van der Waals surface area contributed by atoms with Crippen LogP contribution in [0.1, 0.15) is 11.1 Å². The van der Waals surface area contributed by atoms with Crippen LogP contribution in [-0.4, -0.2) is 11.1 Å². The van der Waals surface area contributed by atoms with E-state index >= 15 is 0 Å². The van der Waals surface area contributed by atoms with Gasteiger partial charge in [-0.05, 0) is 17.7 Å². The maximum absolute atomic E-state index is 12.6. The Balaban J connectivity index is 3.08. The normalized spacial score (nSPS) is 9.23. The molecule has 0 aliphatic rings. The van der Waals surface area contributed by atoms with E-state index in [1.165, 1.54) is 6.07 Å². The summed E-state index contributed by atoms with van der Waals surface area (Å²) in [5.74, 6) is -1.58. The van der Waals surface area contributed by atoms with Gasteiger partial charge >= 0.3 is 5.97 Å². The zero-order valence-electron chi connectivity index (χ0n) is 6.62. The van der Waals surface area contributed by atoms with Crippen molar-refractivity contribution in [2.45, 2.75) is 6.42 Å². The molecule has 1 aromatic rings. The van der Waals surface area contributed by atoms with Crippen molar-refractivity contribution >= 4 is 5.97 Å². The van der Waals surface area contributed by atoms with Crippen molar-refractivity contribution in [2.75, 3.05) is 0 Å². The molecule has 0 atom stereocenters. The van der Waals surface area contributed by atoms with Crippen molar-refractivity contribution < 1.29 is 14.3 Å². The Kier molecular flexibility index (Phi) is 2.60. The summed E-state index contributed by atoms with van der Waals surface area (Å²) < 4.78 is 12.6. The molecule has 0 aromatic heterocycles. The molecule has 1 N–H and O–H groups in total. The number of hydrogen-bond donors (Lipinski definition) is 1. The minimum Gasteiger partial charge on any atom is -0.481 e. The van der Waals surface area contributed by atoms with Crippen molar-refractivity contribution in [2.24, 2.45) is 0 Å². The highest BCUT2D eigenvalue weighted by Gasteiger charge is 2.06. The van der Waals surface area contributed by atoms with Gasteiger partial charge in [0.1, 0.15) is 5.82 Å². The molecule has 0 bridgehead atoms. The fraction of sp³-hybridized carbons (Fsp3) is 0.111. The minimum atomic E-state index is -1.04. The molecule has 4 heteroatoms. The number of benzene rings is 1. The molecule has 0 heterocycles. The lowest BCUT2D eigenvalue weighted by Crippen LogP contribution is -2.02. The third-order valence-electron chi connectivity index (χ3n) is 1.53.